The number of amides is 1. The van der Waals surface area contributed by atoms with Crippen LogP contribution in [0.15, 0.2) is 0 Å². The topological polar surface area (TPSA) is 87.2 Å². The number of esters is 1. The standard InChI is InChI=1S/C13H22N2O5/c1-4-10(16)11(12(17)20-5-2)15-7-6-14(13(18)19)8-9(15)3/h9,11H,4-8H2,1-3H3,(H,18,19)/t9-,11?/m1/s1. The molecule has 1 unspecified atom stereocenters. The summed E-state index contributed by atoms with van der Waals surface area (Å²) in [5.74, 6) is -0.742. The summed E-state index contributed by atoms with van der Waals surface area (Å²) in [7, 11) is 0. The van der Waals surface area contributed by atoms with Crippen molar-refractivity contribution >= 4 is 17.8 Å². The van der Waals surface area contributed by atoms with Crippen molar-refractivity contribution in [3.63, 3.8) is 0 Å². The molecule has 7 nitrogen and oxygen atoms in total. The van der Waals surface area contributed by atoms with Crippen molar-refractivity contribution in [2.45, 2.75) is 39.3 Å². The van der Waals surface area contributed by atoms with E-state index in [1.165, 1.54) is 4.90 Å². The average molecular weight is 286 g/mol. The molecule has 114 valence electrons. The molecule has 0 aliphatic carbocycles. The van der Waals surface area contributed by atoms with E-state index < -0.39 is 18.1 Å². The lowest BCUT2D eigenvalue weighted by Gasteiger charge is -2.41. The summed E-state index contributed by atoms with van der Waals surface area (Å²) in [6, 6.07) is -1.13. The van der Waals surface area contributed by atoms with Crippen LogP contribution in [0.4, 0.5) is 4.79 Å². The Hall–Kier alpha value is -1.63. The van der Waals surface area contributed by atoms with E-state index in [9.17, 15) is 14.4 Å². The first-order chi connectivity index (χ1) is 9.42. The number of carbonyl (C=O) groups is 3. The monoisotopic (exact) mass is 286 g/mol. The van der Waals surface area contributed by atoms with Crippen molar-refractivity contribution < 1.29 is 24.2 Å². The van der Waals surface area contributed by atoms with Gasteiger partial charge in [0, 0.05) is 32.1 Å². The second-order valence-electron chi connectivity index (χ2n) is 4.79. The zero-order valence-corrected chi connectivity index (χ0v) is 12.2. The normalized spacial score (nSPS) is 21.4. The molecule has 1 fully saturated rings. The summed E-state index contributed by atoms with van der Waals surface area (Å²) >= 11 is 0. The third-order valence-electron chi connectivity index (χ3n) is 3.44. The van der Waals surface area contributed by atoms with E-state index in [2.05, 4.69) is 0 Å². The molecule has 1 aliphatic rings. The molecule has 1 saturated heterocycles. The number of carbonyl (C=O) groups excluding carboxylic acids is 2. The summed E-state index contributed by atoms with van der Waals surface area (Å²) in [5, 5.41) is 8.98. The van der Waals surface area contributed by atoms with Crippen LogP contribution in [0.1, 0.15) is 27.2 Å². The molecule has 0 bridgehead atoms. The van der Waals surface area contributed by atoms with Crippen LogP contribution in [0.3, 0.4) is 0 Å². The molecule has 1 amide bonds. The molecule has 0 radical (unpaired) electrons. The summed E-state index contributed by atoms with van der Waals surface area (Å²) < 4.78 is 4.97. The molecule has 1 N–H and O–H groups in total. The molecule has 0 aromatic rings. The first-order valence-corrected chi connectivity index (χ1v) is 6.85. The minimum absolute atomic E-state index is 0.195. The van der Waals surface area contributed by atoms with Gasteiger partial charge in [-0.15, -0.1) is 0 Å². The molecule has 0 spiro atoms. The van der Waals surface area contributed by atoms with Gasteiger partial charge in [0.15, 0.2) is 11.8 Å². The summed E-state index contributed by atoms with van der Waals surface area (Å²) in [6.45, 7) is 6.33. The number of carboxylic acid groups (broad SMARTS) is 1. The van der Waals surface area contributed by atoms with Gasteiger partial charge in [0.05, 0.1) is 6.61 Å². The van der Waals surface area contributed by atoms with Crippen LogP contribution >= 0.6 is 0 Å². The third-order valence-corrected chi connectivity index (χ3v) is 3.44. The third kappa shape index (κ3) is 3.69. The van der Waals surface area contributed by atoms with E-state index >= 15 is 0 Å². The fraction of sp³-hybridized carbons (Fsp3) is 0.769. The van der Waals surface area contributed by atoms with Gasteiger partial charge >= 0.3 is 12.1 Å². The van der Waals surface area contributed by atoms with E-state index in [4.69, 9.17) is 9.84 Å². The van der Waals surface area contributed by atoms with Gasteiger partial charge < -0.3 is 14.7 Å². The van der Waals surface area contributed by atoms with Crippen LogP contribution in [0, 0.1) is 0 Å². The maximum absolute atomic E-state index is 12.0. The van der Waals surface area contributed by atoms with Gasteiger partial charge in [-0.05, 0) is 13.8 Å². The first-order valence-electron chi connectivity index (χ1n) is 6.85. The Labute approximate surface area is 118 Å². The number of nitrogens with zero attached hydrogens (tertiary/aromatic N) is 2. The van der Waals surface area contributed by atoms with Gasteiger partial charge in [0.1, 0.15) is 0 Å². The number of rotatable bonds is 5. The zero-order chi connectivity index (χ0) is 15.3. The Morgan fingerprint density at radius 2 is 1.95 bits per heavy atom. The van der Waals surface area contributed by atoms with Crippen molar-refractivity contribution in [2.75, 3.05) is 26.2 Å². The highest BCUT2D eigenvalue weighted by Crippen LogP contribution is 2.16. The first kappa shape index (κ1) is 16.4. The molecule has 0 saturated carbocycles. The Morgan fingerprint density at radius 3 is 2.40 bits per heavy atom. The van der Waals surface area contributed by atoms with E-state index in [0.29, 0.717) is 6.54 Å². The number of piperazine rings is 1. The Morgan fingerprint density at radius 1 is 1.30 bits per heavy atom. The van der Waals surface area contributed by atoms with Gasteiger partial charge in [-0.25, -0.2) is 9.59 Å². The van der Waals surface area contributed by atoms with Gasteiger partial charge in [-0.3, -0.25) is 9.69 Å². The Kier molecular flexibility index (Phi) is 5.94. The highest BCUT2D eigenvalue weighted by molar-refractivity contribution is 6.03. The van der Waals surface area contributed by atoms with E-state index in [1.807, 2.05) is 6.92 Å². The van der Waals surface area contributed by atoms with E-state index in [0.717, 1.165) is 0 Å². The number of hydrogen-bond acceptors (Lipinski definition) is 5. The second kappa shape index (κ2) is 7.23. The Balaban J connectivity index is 2.84. The molecule has 1 aliphatic heterocycles. The molecule has 2 atom stereocenters. The molecule has 0 aromatic heterocycles. The fourth-order valence-electron chi connectivity index (χ4n) is 2.40. The molecular formula is C13H22N2O5. The quantitative estimate of drug-likeness (QED) is 0.587. The highest BCUT2D eigenvalue weighted by Gasteiger charge is 2.39. The number of ketones is 1. The van der Waals surface area contributed by atoms with Crippen molar-refractivity contribution in [1.82, 2.24) is 9.80 Å². The fourth-order valence-corrected chi connectivity index (χ4v) is 2.40. The lowest BCUT2D eigenvalue weighted by Crippen LogP contribution is -2.60. The van der Waals surface area contributed by atoms with Crippen LogP contribution in [-0.2, 0) is 14.3 Å². The molecule has 1 rings (SSSR count). The molecule has 7 heteroatoms. The largest absolute Gasteiger partial charge is 0.465 e. The van der Waals surface area contributed by atoms with Crippen molar-refractivity contribution in [3.05, 3.63) is 0 Å². The SMILES string of the molecule is CCOC(=O)C(C(=O)CC)N1CCN(C(=O)O)C[C@H]1C. The van der Waals surface area contributed by atoms with Gasteiger partial charge in [0.2, 0.25) is 0 Å². The average Bonchev–Trinajstić information content (AvgIpc) is 2.40. The molecular weight excluding hydrogens is 264 g/mol. The molecule has 1 heterocycles. The summed E-state index contributed by atoms with van der Waals surface area (Å²) in [5.41, 5.74) is 0. The van der Waals surface area contributed by atoms with Crippen molar-refractivity contribution in [1.29, 1.82) is 0 Å². The maximum Gasteiger partial charge on any atom is 0.407 e. The molecule has 0 aromatic carbocycles. The van der Waals surface area contributed by atoms with Crippen LogP contribution in [-0.4, -0.2) is 71.1 Å². The molecule has 20 heavy (non-hydrogen) atoms. The predicted octanol–water partition coefficient (Wildman–Crippen LogP) is 0.581. The summed E-state index contributed by atoms with van der Waals surface area (Å²) in [6.07, 6.45) is -0.735. The van der Waals surface area contributed by atoms with Gasteiger partial charge in [-0.1, -0.05) is 6.92 Å². The number of hydrogen-bond donors (Lipinski definition) is 1. The zero-order valence-electron chi connectivity index (χ0n) is 12.2. The summed E-state index contributed by atoms with van der Waals surface area (Å²) in [4.78, 5) is 38.0. The maximum atomic E-state index is 12.0. The van der Waals surface area contributed by atoms with Crippen LogP contribution < -0.4 is 0 Å². The van der Waals surface area contributed by atoms with E-state index in [-0.39, 0.29) is 37.9 Å². The van der Waals surface area contributed by atoms with Crippen LogP contribution in [0.25, 0.3) is 0 Å². The van der Waals surface area contributed by atoms with Gasteiger partial charge in [-0.2, -0.15) is 0 Å². The lowest BCUT2D eigenvalue weighted by molar-refractivity contribution is -0.155. The van der Waals surface area contributed by atoms with Crippen LogP contribution in [0.5, 0.6) is 0 Å². The van der Waals surface area contributed by atoms with Crippen molar-refractivity contribution in [2.24, 2.45) is 0 Å². The van der Waals surface area contributed by atoms with Crippen LogP contribution in [0.2, 0.25) is 0 Å². The van der Waals surface area contributed by atoms with Gasteiger partial charge in [0.25, 0.3) is 0 Å². The minimum Gasteiger partial charge on any atom is -0.465 e. The number of ether oxygens (including phenoxy) is 1. The Bertz CT molecular complexity index is 385. The van der Waals surface area contributed by atoms with E-state index in [1.54, 1.807) is 18.7 Å². The lowest BCUT2D eigenvalue weighted by atomic mass is 10.0. The second-order valence-corrected chi connectivity index (χ2v) is 4.79. The smallest absolute Gasteiger partial charge is 0.407 e. The minimum atomic E-state index is -0.981. The number of Topliss-reactive ketones (excluding diaryl/α,β-unsaturated/α-hetero) is 1. The predicted molar refractivity (Wildman–Crippen MR) is 71.5 cm³/mol. The highest BCUT2D eigenvalue weighted by atomic mass is 16.5. The van der Waals surface area contributed by atoms with Crippen molar-refractivity contribution in [3.8, 4) is 0 Å².